The number of fused-ring (bicyclic) bond motifs is 2. The zero-order valence-corrected chi connectivity index (χ0v) is 13.4. The number of hydrogen-bond donors (Lipinski definition) is 1. The van der Waals surface area contributed by atoms with Gasteiger partial charge in [0.15, 0.2) is 5.65 Å². The maximum absolute atomic E-state index is 4.43. The quantitative estimate of drug-likeness (QED) is 0.805. The zero-order valence-electron chi connectivity index (χ0n) is 13.4. The first-order valence-electron chi connectivity index (χ1n) is 8.15. The molecule has 23 heavy (non-hydrogen) atoms. The lowest BCUT2D eigenvalue weighted by molar-refractivity contribution is 0.593. The number of benzene rings is 1. The van der Waals surface area contributed by atoms with Crippen molar-refractivity contribution in [3.05, 3.63) is 47.0 Å². The number of nitrogens with one attached hydrogen (secondary N) is 1. The van der Waals surface area contributed by atoms with Gasteiger partial charge in [-0.1, -0.05) is 32.0 Å². The van der Waals surface area contributed by atoms with Crippen LogP contribution in [0.3, 0.4) is 0 Å². The van der Waals surface area contributed by atoms with E-state index in [9.17, 15) is 0 Å². The largest absolute Gasteiger partial charge is 0.362 e. The Balaban J connectivity index is 1.66. The van der Waals surface area contributed by atoms with E-state index in [1.54, 1.807) is 0 Å². The number of aryl methyl sites for hydroxylation is 1. The van der Waals surface area contributed by atoms with E-state index in [4.69, 9.17) is 0 Å². The summed E-state index contributed by atoms with van der Waals surface area (Å²) in [6, 6.07) is 11.0. The van der Waals surface area contributed by atoms with Crippen molar-refractivity contribution in [1.29, 1.82) is 0 Å². The maximum Gasteiger partial charge on any atom is 0.200 e. The topological polar surface area (TPSA) is 68.0 Å². The molecule has 0 saturated heterocycles. The Labute approximate surface area is 134 Å². The summed E-state index contributed by atoms with van der Waals surface area (Å²) in [7, 11) is 0. The summed E-state index contributed by atoms with van der Waals surface area (Å²) in [5.41, 5.74) is 4.89. The maximum atomic E-state index is 4.43. The fourth-order valence-electron chi connectivity index (χ4n) is 3.23. The third-order valence-corrected chi connectivity index (χ3v) is 4.54. The number of tetrazole rings is 1. The fourth-order valence-corrected chi connectivity index (χ4v) is 3.23. The van der Waals surface area contributed by atoms with Crippen molar-refractivity contribution < 1.29 is 0 Å². The van der Waals surface area contributed by atoms with Crippen molar-refractivity contribution in [2.45, 2.75) is 45.1 Å². The summed E-state index contributed by atoms with van der Waals surface area (Å²) in [6.45, 7) is 4.47. The van der Waals surface area contributed by atoms with Gasteiger partial charge in [0.05, 0.1) is 6.04 Å². The van der Waals surface area contributed by atoms with Crippen molar-refractivity contribution >= 4 is 11.5 Å². The van der Waals surface area contributed by atoms with Gasteiger partial charge in [-0.25, -0.2) is 0 Å². The standard InChI is InChI=1S/C17H20N6/c1-11(2)13-7-6-12-4-3-5-15(14(12)10-13)18-16-8-9-17-19-21-22-23(17)20-16/h6-11,15H,3-5H2,1-2H3,(H,18,20)/t15-/m1/s1. The Morgan fingerprint density at radius 3 is 3.00 bits per heavy atom. The molecule has 1 aliphatic carbocycles. The molecule has 0 amide bonds. The SMILES string of the molecule is CC(C)c1ccc2c(c1)[C@H](Nc1ccc3nnnn3n1)CCC2. The minimum atomic E-state index is 0.291. The second kappa shape index (κ2) is 5.61. The molecule has 0 radical (unpaired) electrons. The fraction of sp³-hybridized carbons (Fsp3) is 0.412. The molecule has 2 heterocycles. The predicted molar refractivity (Wildman–Crippen MR) is 88.4 cm³/mol. The van der Waals surface area contributed by atoms with Gasteiger partial charge in [-0.3, -0.25) is 0 Å². The molecular weight excluding hydrogens is 288 g/mol. The zero-order chi connectivity index (χ0) is 15.8. The van der Waals surface area contributed by atoms with E-state index in [0.29, 0.717) is 17.6 Å². The predicted octanol–water partition coefficient (Wildman–Crippen LogP) is 3.13. The van der Waals surface area contributed by atoms with Crippen LogP contribution in [0.25, 0.3) is 5.65 Å². The Morgan fingerprint density at radius 2 is 2.13 bits per heavy atom. The minimum Gasteiger partial charge on any atom is -0.362 e. The molecule has 1 aliphatic rings. The molecule has 4 rings (SSSR count). The molecule has 1 aromatic carbocycles. The molecule has 0 fully saturated rings. The first kappa shape index (κ1) is 14.1. The summed E-state index contributed by atoms with van der Waals surface area (Å²) in [6.07, 6.45) is 3.47. The van der Waals surface area contributed by atoms with Crippen LogP contribution in [0.4, 0.5) is 5.82 Å². The average molecular weight is 308 g/mol. The first-order valence-corrected chi connectivity index (χ1v) is 8.15. The van der Waals surface area contributed by atoms with Gasteiger partial charge in [0.2, 0.25) is 0 Å². The van der Waals surface area contributed by atoms with Gasteiger partial charge in [0, 0.05) is 0 Å². The van der Waals surface area contributed by atoms with E-state index in [-0.39, 0.29) is 0 Å². The highest BCUT2D eigenvalue weighted by Gasteiger charge is 2.21. The van der Waals surface area contributed by atoms with Crippen molar-refractivity contribution in [3.8, 4) is 0 Å². The highest BCUT2D eigenvalue weighted by atomic mass is 15.6. The normalized spacial score (nSPS) is 17.4. The minimum absolute atomic E-state index is 0.291. The molecule has 0 saturated carbocycles. The summed E-state index contributed by atoms with van der Waals surface area (Å²) in [5.74, 6) is 1.34. The van der Waals surface area contributed by atoms with E-state index in [0.717, 1.165) is 18.7 Å². The first-order chi connectivity index (χ1) is 11.2. The molecular formula is C17H20N6. The van der Waals surface area contributed by atoms with Crippen LogP contribution in [-0.2, 0) is 6.42 Å². The monoisotopic (exact) mass is 308 g/mol. The van der Waals surface area contributed by atoms with Crippen LogP contribution >= 0.6 is 0 Å². The molecule has 118 valence electrons. The van der Waals surface area contributed by atoms with Crippen LogP contribution in [0.5, 0.6) is 0 Å². The molecule has 0 unspecified atom stereocenters. The lowest BCUT2D eigenvalue weighted by atomic mass is 9.85. The Kier molecular flexibility index (Phi) is 3.44. The molecule has 1 N–H and O–H groups in total. The smallest absolute Gasteiger partial charge is 0.200 e. The van der Waals surface area contributed by atoms with Crippen LogP contribution < -0.4 is 5.32 Å². The highest BCUT2D eigenvalue weighted by molar-refractivity contribution is 5.46. The average Bonchev–Trinajstić information content (AvgIpc) is 3.02. The number of rotatable bonds is 3. The van der Waals surface area contributed by atoms with Gasteiger partial charge in [-0.15, -0.1) is 14.8 Å². The Bertz CT molecular complexity index is 838. The van der Waals surface area contributed by atoms with E-state index < -0.39 is 0 Å². The second-order valence-corrected chi connectivity index (χ2v) is 6.45. The Hall–Kier alpha value is -2.50. The molecule has 6 heteroatoms. The molecule has 2 aromatic heterocycles. The van der Waals surface area contributed by atoms with Crippen molar-refractivity contribution in [3.63, 3.8) is 0 Å². The summed E-state index contributed by atoms with van der Waals surface area (Å²) >= 11 is 0. The number of nitrogens with zero attached hydrogens (tertiary/aromatic N) is 5. The van der Waals surface area contributed by atoms with Crippen LogP contribution in [0, 0.1) is 0 Å². The van der Waals surface area contributed by atoms with Crippen molar-refractivity contribution in [1.82, 2.24) is 25.3 Å². The molecule has 3 aromatic rings. The van der Waals surface area contributed by atoms with Crippen LogP contribution in [0.2, 0.25) is 0 Å². The molecule has 0 bridgehead atoms. The van der Waals surface area contributed by atoms with Gasteiger partial charge in [0.1, 0.15) is 5.82 Å². The van der Waals surface area contributed by atoms with Crippen LogP contribution in [0.15, 0.2) is 30.3 Å². The van der Waals surface area contributed by atoms with Crippen LogP contribution in [0.1, 0.15) is 55.3 Å². The molecule has 1 atom stereocenters. The van der Waals surface area contributed by atoms with Gasteiger partial charge in [-0.05, 0) is 64.4 Å². The van der Waals surface area contributed by atoms with Crippen molar-refractivity contribution in [2.75, 3.05) is 5.32 Å². The molecule has 6 nitrogen and oxygen atoms in total. The highest BCUT2D eigenvalue weighted by Crippen LogP contribution is 2.34. The summed E-state index contributed by atoms with van der Waals surface area (Å²) < 4.78 is 1.45. The third kappa shape index (κ3) is 2.65. The Morgan fingerprint density at radius 1 is 1.22 bits per heavy atom. The van der Waals surface area contributed by atoms with Crippen LogP contribution in [-0.4, -0.2) is 25.3 Å². The lowest BCUT2D eigenvalue weighted by Gasteiger charge is -2.27. The number of anilines is 1. The molecule has 0 aliphatic heterocycles. The summed E-state index contributed by atoms with van der Waals surface area (Å²) in [5, 5.41) is 19.4. The van der Waals surface area contributed by atoms with E-state index in [1.807, 2.05) is 12.1 Å². The van der Waals surface area contributed by atoms with Gasteiger partial charge >= 0.3 is 0 Å². The van der Waals surface area contributed by atoms with Gasteiger partial charge < -0.3 is 5.32 Å². The van der Waals surface area contributed by atoms with Gasteiger partial charge in [-0.2, -0.15) is 0 Å². The second-order valence-electron chi connectivity index (χ2n) is 6.45. The van der Waals surface area contributed by atoms with Gasteiger partial charge in [0.25, 0.3) is 0 Å². The number of aromatic nitrogens is 5. The van der Waals surface area contributed by atoms with E-state index in [2.05, 4.69) is 58.0 Å². The lowest BCUT2D eigenvalue weighted by Crippen LogP contribution is -2.19. The summed E-state index contributed by atoms with van der Waals surface area (Å²) in [4.78, 5) is 0. The molecule has 0 spiro atoms. The van der Waals surface area contributed by atoms with E-state index in [1.165, 1.54) is 27.7 Å². The van der Waals surface area contributed by atoms with E-state index >= 15 is 0 Å². The van der Waals surface area contributed by atoms with Crippen molar-refractivity contribution in [2.24, 2.45) is 0 Å². The number of hydrogen-bond acceptors (Lipinski definition) is 5. The third-order valence-electron chi connectivity index (χ3n) is 4.54.